The first-order chi connectivity index (χ1) is 15.1. The van der Waals surface area contributed by atoms with Crippen LogP contribution in [0.1, 0.15) is 35.4 Å². The predicted octanol–water partition coefficient (Wildman–Crippen LogP) is 4.63. The van der Waals surface area contributed by atoms with Crippen molar-refractivity contribution < 1.29 is 23.1 Å². The molecular formula is C24H23FN2O4. The second kappa shape index (κ2) is 9.47. The van der Waals surface area contributed by atoms with Crippen LogP contribution in [0.2, 0.25) is 0 Å². The Balaban J connectivity index is 1.40. The fraction of sp³-hybridized carbons (Fsp3) is 0.250. The van der Waals surface area contributed by atoms with E-state index in [9.17, 15) is 14.0 Å². The standard InChI is InChI=1S/C24H23FN2O4/c25-18-11-9-17(10-12-18)16-31-20-6-3-5-19(15-20)26-23(28)21-7-1-2-13-27(21)24(29)22-8-4-14-30-22/h3-6,8-12,14-15,21H,1-2,7,13,16H2,(H,26,28). The minimum Gasteiger partial charge on any atom is -0.489 e. The molecule has 0 bridgehead atoms. The number of anilines is 1. The maximum atomic E-state index is 13.0. The molecule has 2 aromatic carbocycles. The van der Waals surface area contributed by atoms with Gasteiger partial charge in [0.15, 0.2) is 5.76 Å². The van der Waals surface area contributed by atoms with Crippen molar-refractivity contribution in [1.29, 1.82) is 0 Å². The molecule has 0 aliphatic carbocycles. The van der Waals surface area contributed by atoms with Gasteiger partial charge < -0.3 is 19.4 Å². The van der Waals surface area contributed by atoms with E-state index in [1.165, 1.54) is 18.4 Å². The van der Waals surface area contributed by atoms with Crippen molar-refractivity contribution in [3.05, 3.63) is 84.1 Å². The van der Waals surface area contributed by atoms with Gasteiger partial charge in [-0.25, -0.2) is 4.39 Å². The molecule has 1 unspecified atom stereocenters. The van der Waals surface area contributed by atoms with Crippen molar-refractivity contribution in [3.8, 4) is 5.75 Å². The van der Waals surface area contributed by atoms with Crippen molar-refractivity contribution in [1.82, 2.24) is 4.90 Å². The third-order valence-electron chi connectivity index (χ3n) is 5.22. The Hall–Kier alpha value is -3.61. The van der Waals surface area contributed by atoms with Crippen molar-refractivity contribution in [2.45, 2.75) is 31.9 Å². The molecule has 1 aliphatic rings. The zero-order chi connectivity index (χ0) is 21.6. The number of nitrogens with one attached hydrogen (secondary N) is 1. The van der Waals surface area contributed by atoms with E-state index in [-0.39, 0.29) is 30.0 Å². The van der Waals surface area contributed by atoms with Gasteiger partial charge in [-0.05, 0) is 61.2 Å². The van der Waals surface area contributed by atoms with Gasteiger partial charge in [-0.3, -0.25) is 9.59 Å². The number of carbonyl (C=O) groups excluding carboxylic acids is 2. The van der Waals surface area contributed by atoms with Crippen LogP contribution in [0.3, 0.4) is 0 Å². The van der Waals surface area contributed by atoms with E-state index in [0.29, 0.717) is 24.4 Å². The molecule has 6 nitrogen and oxygen atoms in total. The number of ether oxygens (including phenoxy) is 1. The number of benzene rings is 2. The van der Waals surface area contributed by atoms with E-state index < -0.39 is 6.04 Å². The lowest BCUT2D eigenvalue weighted by Gasteiger charge is -2.34. The highest BCUT2D eigenvalue weighted by Crippen LogP contribution is 2.23. The number of likely N-dealkylation sites (tertiary alicyclic amines) is 1. The number of carbonyl (C=O) groups is 2. The molecule has 1 saturated heterocycles. The van der Waals surface area contributed by atoms with Gasteiger partial charge in [0.25, 0.3) is 5.91 Å². The molecule has 1 fully saturated rings. The zero-order valence-corrected chi connectivity index (χ0v) is 16.9. The monoisotopic (exact) mass is 422 g/mol. The van der Waals surface area contributed by atoms with Gasteiger partial charge in [0.05, 0.1) is 6.26 Å². The van der Waals surface area contributed by atoms with Gasteiger partial charge in [-0.2, -0.15) is 0 Å². The summed E-state index contributed by atoms with van der Waals surface area (Å²) in [4.78, 5) is 27.3. The smallest absolute Gasteiger partial charge is 0.290 e. The molecule has 3 aromatic rings. The lowest BCUT2D eigenvalue weighted by atomic mass is 10.0. The summed E-state index contributed by atoms with van der Waals surface area (Å²) in [5, 5.41) is 2.89. The van der Waals surface area contributed by atoms with E-state index >= 15 is 0 Å². The summed E-state index contributed by atoms with van der Waals surface area (Å²) < 4.78 is 24.0. The maximum Gasteiger partial charge on any atom is 0.290 e. The first-order valence-corrected chi connectivity index (χ1v) is 10.2. The number of amides is 2. The SMILES string of the molecule is O=C(Nc1cccc(OCc2ccc(F)cc2)c1)C1CCCCN1C(=O)c1ccco1. The molecule has 4 rings (SSSR count). The second-order valence-electron chi connectivity index (χ2n) is 7.42. The lowest BCUT2D eigenvalue weighted by Crippen LogP contribution is -2.49. The molecule has 7 heteroatoms. The van der Waals surface area contributed by atoms with Crippen molar-refractivity contribution >= 4 is 17.5 Å². The van der Waals surface area contributed by atoms with Crippen LogP contribution in [-0.4, -0.2) is 29.3 Å². The summed E-state index contributed by atoms with van der Waals surface area (Å²) in [7, 11) is 0. The van der Waals surface area contributed by atoms with Crippen LogP contribution in [0.4, 0.5) is 10.1 Å². The van der Waals surface area contributed by atoms with Crippen molar-refractivity contribution in [2.24, 2.45) is 0 Å². The van der Waals surface area contributed by atoms with E-state index in [4.69, 9.17) is 9.15 Å². The van der Waals surface area contributed by atoms with Crippen LogP contribution < -0.4 is 10.1 Å². The van der Waals surface area contributed by atoms with Crippen LogP contribution in [0.25, 0.3) is 0 Å². The average Bonchev–Trinajstić information content (AvgIpc) is 3.33. The van der Waals surface area contributed by atoms with Crippen LogP contribution in [0.15, 0.2) is 71.3 Å². The van der Waals surface area contributed by atoms with Gasteiger partial charge in [-0.15, -0.1) is 0 Å². The Morgan fingerprint density at radius 2 is 1.94 bits per heavy atom. The Morgan fingerprint density at radius 1 is 1.10 bits per heavy atom. The number of hydrogen-bond acceptors (Lipinski definition) is 4. The van der Waals surface area contributed by atoms with E-state index in [2.05, 4.69) is 5.32 Å². The van der Waals surface area contributed by atoms with Crippen LogP contribution >= 0.6 is 0 Å². The zero-order valence-electron chi connectivity index (χ0n) is 16.9. The molecule has 31 heavy (non-hydrogen) atoms. The second-order valence-corrected chi connectivity index (χ2v) is 7.42. The lowest BCUT2D eigenvalue weighted by molar-refractivity contribution is -0.121. The van der Waals surface area contributed by atoms with Crippen molar-refractivity contribution in [3.63, 3.8) is 0 Å². The van der Waals surface area contributed by atoms with Crippen LogP contribution in [0.5, 0.6) is 5.75 Å². The maximum absolute atomic E-state index is 13.0. The van der Waals surface area contributed by atoms with Crippen molar-refractivity contribution in [2.75, 3.05) is 11.9 Å². The number of rotatable bonds is 6. The normalized spacial score (nSPS) is 16.0. The molecule has 160 valence electrons. The highest BCUT2D eigenvalue weighted by molar-refractivity contribution is 6.00. The molecule has 1 atom stereocenters. The highest BCUT2D eigenvalue weighted by Gasteiger charge is 2.33. The summed E-state index contributed by atoms with van der Waals surface area (Å²) in [5.41, 5.74) is 1.42. The summed E-state index contributed by atoms with van der Waals surface area (Å²) in [5.74, 6) is -0.00237. The molecule has 0 spiro atoms. The van der Waals surface area contributed by atoms with Gasteiger partial charge in [0.1, 0.15) is 24.2 Å². The van der Waals surface area contributed by atoms with E-state index in [0.717, 1.165) is 18.4 Å². The summed E-state index contributed by atoms with van der Waals surface area (Å²) >= 11 is 0. The Morgan fingerprint density at radius 3 is 2.71 bits per heavy atom. The topological polar surface area (TPSA) is 71.8 Å². The average molecular weight is 422 g/mol. The number of furan rings is 1. The van der Waals surface area contributed by atoms with Gasteiger partial charge >= 0.3 is 0 Å². The predicted molar refractivity (Wildman–Crippen MR) is 113 cm³/mol. The Bertz CT molecular complexity index is 1030. The molecule has 1 N–H and O–H groups in total. The number of halogens is 1. The summed E-state index contributed by atoms with van der Waals surface area (Å²) in [6.07, 6.45) is 3.77. The molecule has 1 aliphatic heterocycles. The van der Waals surface area contributed by atoms with Gasteiger partial charge in [0.2, 0.25) is 5.91 Å². The molecule has 2 heterocycles. The van der Waals surface area contributed by atoms with Crippen LogP contribution in [0, 0.1) is 5.82 Å². The fourth-order valence-electron chi connectivity index (χ4n) is 3.63. The summed E-state index contributed by atoms with van der Waals surface area (Å²) in [6, 6.07) is 15.8. The molecule has 1 aromatic heterocycles. The third-order valence-corrected chi connectivity index (χ3v) is 5.22. The Kier molecular flexibility index (Phi) is 6.31. The van der Waals surface area contributed by atoms with E-state index in [1.807, 2.05) is 0 Å². The van der Waals surface area contributed by atoms with Gasteiger partial charge in [-0.1, -0.05) is 18.2 Å². The number of nitrogens with zero attached hydrogens (tertiary/aromatic N) is 1. The quantitative estimate of drug-likeness (QED) is 0.629. The molecule has 0 saturated carbocycles. The fourth-order valence-corrected chi connectivity index (χ4v) is 3.63. The largest absolute Gasteiger partial charge is 0.489 e. The minimum absolute atomic E-state index is 0.232. The highest BCUT2D eigenvalue weighted by atomic mass is 19.1. The van der Waals surface area contributed by atoms with Crippen LogP contribution in [-0.2, 0) is 11.4 Å². The first-order valence-electron chi connectivity index (χ1n) is 10.2. The summed E-state index contributed by atoms with van der Waals surface area (Å²) in [6.45, 7) is 0.796. The molecular weight excluding hydrogens is 399 g/mol. The number of hydrogen-bond donors (Lipinski definition) is 1. The minimum atomic E-state index is -0.560. The Labute approximate surface area is 179 Å². The van der Waals surface area contributed by atoms with E-state index in [1.54, 1.807) is 53.4 Å². The molecule has 2 amide bonds. The molecule has 0 radical (unpaired) electrons. The first kappa shape index (κ1) is 20.7. The van der Waals surface area contributed by atoms with Gasteiger partial charge in [0, 0.05) is 18.3 Å². The third kappa shape index (κ3) is 5.12. The number of piperidine rings is 1.